The van der Waals surface area contributed by atoms with Crippen molar-refractivity contribution in [3.05, 3.63) is 34.7 Å². The predicted molar refractivity (Wildman–Crippen MR) is 93.4 cm³/mol. The lowest BCUT2D eigenvalue weighted by molar-refractivity contribution is -0.133. The van der Waals surface area contributed by atoms with E-state index < -0.39 is 35.1 Å². The zero-order valence-corrected chi connectivity index (χ0v) is 14.7. The van der Waals surface area contributed by atoms with Crippen LogP contribution in [0.5, 0.6) is 0 Å². The Bertz CT molecular complexity index is 933. The van der Waals surface area contributed by atoms with E-state index in [1.807, 2.05) is 0 Å². The number of hydrazone groups is 1. The fourth-order valence-corrected chi connectivity index (χ4v) is 3.82. The van der Waals surface area contributed by atoms with Gasteiger partial charge in [0.25, 0.3) is 5.91 Å². The second-order valence-electron chi connectivity index (χ2n) is 5.14. The molecule has 3 rings (SSSR count). The van der Waals surface area contributed by atoms with E-state index in [0.29, 0.717) is 27.0 Å². The quantitative estimate of drug-likeness (QED) is 0.791. The summed E-state index contributed by atoms with van der Waals surface area (Å²) in [5.74, 6) is -2.64. The molecule has 1 N–H and O–H groups in total. The van der Waals surface area contributed by atoms with Crippen molar-refractivity contribution in [1.29, 1.82) is 0 Å². The van der Waals surface area contributed by atoms with Crippen LogP contribution in [0.1, 0.15) is 6.92 Å². The van der Waals surface area contributed by atoms with E-state index in [1.165, 1.54) is 6.92 Å². The van der Waals surface area contributed by atoms with Crippen molar-refractivity contribution in [3.63, 3.8) is 0 Å². The molecule has 1 aliphatic rings. The Hall–Kier alpha value is -2.40. The van der Waals surface area contributed by atoms with Crippen molar-refractivity contribution >= 4 is 56.0 Å². The number of carboxylic acids is 1. The van der Waals surface area contributed by atoms with E-state index in [4.69, 9.17) is 5.11 Å². The molecule has 11 heteroatoms. The molecule has 0 saturated heterocycles. The highest BCUT2D eigenvalue weighted by atomic mass is 32.2. The minimum Gasteiger partial charge on any atom is -0.481 e. The number of allylic oxidation sites excluding steroid dienone is 1. The molecule has 0 fully saturated rings. The van der Waals surface area contributed by atoms with Gasteiger partial charge in [-0.15, -0.1) is 11.8 Å². The maximum atomic E-state index is 13.4. The number of nitrogens with zero attached hydrogens (tertiary/aromatic N) is 3. The monoisotopic (exact) mass is 401 g/mol. The Morgan fingerprint density at radius 1 is 1.35 bits per heavy atom. The lowest BCUT2D eigenvalue weighted by Crippen LogP contribution is -2.26. The van der Waals surface area contributed by atoms with Crippen molar-refractivity contribution in [2.75, 3.05) is 10.8 Å². The van der Waals surface area contributed by atoms with Crippen molar-refractivity contribution in [1.82, 2.24) is 4.98 Å². The molecular formula is C15H10F3N3O3S2. The number of para-hydroxylation sites is 1. The third-order valence-electron chi connectivity index (χ3n) is 3.34. The highest BCUT2D eigenvalue weighted by Gasteiger charge is 2.48. The highest BCUT2D eigenvalue weighted by Crippen LogP contribution is 2.37. The SMILES string of the molecule is CC(SCC(=O)O)=C1C(=O)N(c2nc3ccccc3s2)N=C1C(F)(F)F. The van der Waals surface area contributed by atoms with E-state index in [0.717, 1.165) is 11.3 Å². The van der Waals surface area contributed by atoms with Crippen LogP contribution >= 0.6 is 23.1 Å². The molecule has 0 bridgehead atoms. The number of amides is 1. The summed E-state index contributed by atoms with van der Waals surface area (Å²) in [6.45, 7) is 1.27. The molecule has 0 radical (unpaired) electrons. The van der Waals surface area contributed by atoms with Crippen LogP contribution in [0.15, 0.2) is 39.8 Å². The second-order valence-corrected chi connectivity index (χ2v) is 7.34. The number of thioether (sulfide) groups is 1. The molecular weight excluding hydrogens is 391 g/mol. The Labute approximate surface area is 153 Å². The lowest BCUT2D eigenvalue weighted by atomic mass is 10.1. The van der Waals surface area contributed by atoms with Crippen molar-refractivity contribution in [2.45, 2.75) is 13.1 Å². The number of benzene rings is 1. The van der Waals surface area contributed by atoms with Gasteiger partial charge in [0.1, 0.15) is 0 Å². The summed E-state index contributed by atoms with van der Waals surface area (Å²) in [5, 5.41) is 12.8. The van der Waals surface area contributed by atoms with E-state index in [1.54, 1.807) is 24.3 Å². The van der Waals surface area contributed by atoms with Gasteiger partial charge in [0.15, 0.2) is 5.71 Å². The summed E-state index contributed by atoms with van der Waals surface area (Å²) in [6, 6.07) is 6.88. The zero-order chi connectivity index (χ0) is 19.1. The Balaban J connectivity index is 2.05. The maximum absolute atomic E-state index is 13.4. The molecule has 1 aromatic carbocycles. The van der Waals surface area contributed by atoms with Crippen molar-refractivity contribution < 1.29 is 27.9 Å². The number of hydrogen-bond donors (Lipinski definition) is 1. The van der Waals surface area contributed by atoms with Gasteiger partial charge in [-0.3, -0.25) is 9.59 Å². The molecule has 0 aliphatic carbocycles. The summed E-state index contributed by atoms with van der Waals surface area (Å²) in [4.78, 5) is 27.3. The van der Waals surface area contributed by atoms with E-state index in [-0.39, 0.29) is 10.0 Å². The minimum atomic E-state index is -4.86. The smallest absolute Gasteiger partial charge is 0.435 e. The number of carboxylic acid groups (broad SMARTS) is 1. The Morgan fingerprint density at radius 2 is 2.04 bits per heavy atom. The number of carbonyl (C=O) groups excluding carboxylic acids is 1. The number of carbonyl (C=O) groups is 2. The van der Waals surface area contributed by atoms with E-state index >= 15 is 0 Å². The van der Waals surface area contributed by atoms with Gasteiger partial charge < -0.3 is 5.11 Å². The van der Waals surface area contributed by atoms with Gasteiger partial charge in [-0.05, 0) is 24.0 Å². The largest absolute Gasteiger partial charge is 0.481 e. The first-order valence-electron chi connectivity index (χ1n) is 7.10. The molecule has 6 nitrogen and oxygen atoms in total. The van der Waals surface area contributed by atoms with Crippen molar-refractivity contribution in [3.8, 4) is 0 Å². The summed E-state index contributed by atoms with van der Waals surface area (Å²) in [6.07, 6.45) is -4.86. The number of anilines is 1. The number of aliphatic carboxylic acids is 1. The first kappa shape index (κ1) is 18.4. The van der Waals surface area contributed by atoms with Crippen LogP contribution in [0, 0.1) is 0 Å². The van der Waals surface area contributed by atoms with Gasteiger partial charge in [-0.2, -0.15) is 23.3 Å². The van der Waals surface area contributed by atoms with Crippen LogP contribution in [0.25, 0.3) is 10.2 Å². The van der Waals surface area contributed by atoms with Crippen LogP contribution in [-0.2, 0) is 9.59 Å². The number of halogens is 3. The summed E-state index contributed by atoms with van der Waals surface area (Å²) < 4.78 is 40.8. The molecule has 0 atom stereocenters. The van der Waals surface area contributed by atoms with Gasteiger partial charge in [-0.25, -0.2) is 4.98 Å². The van der Waals surface area contributed by atoms with Gasteiger partial charge in [-0.1, -0.05) is 23.5 Å². The molecule has 1 amide bonds. The maximum Gasteiger partial charge on any atom is 0.435 e. The molecule has 2 aromatic rings. The Kier molecular flexibility index (Phi) is 4.76. The molecule has 0 spiro atoms. The predicted octanol–water partition coefficient (Wildman–Crippen LogP) is 3.65. The van der Waals surface area contributed by atoms with Gasteiger partial charge in [0.2, 0.25) is 5.13 Å². The fourth-order valence-electron chi connectivity index (χ4n) is 2.24. The average Bonchev–Trinajstić information content (AvgIpc) is 3.12. The zero-order valence-electron chi connectivity index (χ0n) is 13.1. The Morgan fingerprint density at radius 3 is 2.65 bits per heavy atom. The number of alkyl halides is 3. The van der Waals surface area contributed by atoms with Crippen molar-refractivity contribution in [2.24, 2.45) is 5.10 Å². The van der Waals surface area contributed by atoms with E-state index in [2.05, 4.69) is 10.1 Å². The number of rotatable bonds is 4. The summed E-state index contributed by atoms with van der Waals surface area (Å²) in [5.41, 5.74) is -1.46. The van der Waals surface area contributed by atoms with Crippen LogP contribution in [-0.4, -0.2) is 39.6 Å². The molecule has 0 unspecified atom stereocenters. The van der Waals surface area contributed by atoms with Crippen LogP contribution in [0.2, 0.25) is 0 Å². The third-order valence-corrected chi connectivity index (χ3v) is 5.38. The number of aromatic nitrogens is 1. The first-order chi connectivity index (χ1) is 12.2. The summed E-state index contributed by atoms with van der Waals surface area (Å²) in [7, 11) is 0. The molecule has 26 heavy (non-hydrogen) atoms. The third kappa shape index (κ3) is 3.44. The van der Waals surface area contributed by atoms with Gasteiger partial charge in [0, 0.05) is 0 Å². The normalized spacial score (nSPS) is 17.0. The van der Waals surface area contributed by atoms with E-state index in [9.17, 15) is 22.8 Å². The minimum absolute atomic E-state index is 0.0176. The van der Waals surface area contributed by atoms with Crippen LogP contribution in [0.4, 0.5) is 18.3 Å². The number of thiazole rings is 1. The number of fused-ring (bicyclic) bond motifs is 1. The highest BCUT2D eigenvalue weighted by molar-refractivity contribution is 8.03. The molecule has 2 heterocycles. The van der Waals surface area contributed by atoms with Crippen LogP contribution in [0.3, 0.4) is 0 Å². The molecule has 136 valence electrons. The lowest BCUT2D eigenvalue weighted by Gasteiger charge is -2.09. The first-order valence-corrected chi connectivity index (χ1v) is 8.90. The molecule has 1 aromatic heterocycles. The average molecular weight is 401 g/mol. The molecule has 1 aliphatic heterocycles. The fraction of sp³-hybridized carbons (Fsp3) is 0.200. The number of hydrogen-bond acceptors (Lipinski definition) is 6. The van der Waals surface area contributed by atoms with Crippen LogP contribution < -0.4 is 5.01 Å². The standard InChI is InChI=1S/C15H10F3N3O3S2/c1-7(25-6-10(22)23)11-12(15(16,17)18)20-21(13(11)24)14-19-8-4-2-3-5-9(8)26-14/h2-5H,6H2,1H3,(H,22,23). The topological polar surface area (TPSA) is 82.9 Å². The van der Waals surface area contributed by atoms with Gasteiger partial charge >= 0.3 is 12.1 Å². The second kappa shape index (κ2) is 6.72. The molecule has 0 saturated carbocycles. The van der Waals surface area contributed by atoms with Gasteiger partial charge in [0.05, 0.1) is 21.5 Å². The summed E-state index contributed by atoms with van der Waals surface area (Å²) >= 11 is 1.68.